The number of nitrogens with zero attached hydrogens (tertiary/aromatic N) is 1. The highest BCUT2D eigenvalue weighted by Gasteiger charge is 1.75. The smallest absolute Gasteiger partial charge is 0.106 e. The van der Waals surface area contributed by atoms with E-state index in [4.69, 9.17) is 5.11 Å². The van der Waals surface area contributed by atoms with Crippen LogP contribution in [0, 0.1) is 0 Å². The standard InChI is InChI=1S/C5H4BrN.C3H8O/c6-5-3-1-2-4-7-5;1-2-3-4/h1-4H;4H,2-3H2,1H3. The Labute approximate surface area is 75.4 Å². The Kier molecular flexibility index (Phi) is 7.41. The third kappa shape index (κ3) is 7.49. The first-order valence-electron chi connectivity index (χ1n) is 3.48. The summed E-state index contributed by atoms with van der Waals surface area (Å²) in [5, 5.41) is 7.88. The number of halogens is 1. The predicted octanol–water partition coefficient (Wildman–Crippen LogP) is 2.23. The molecule has 1 rings (SSSR count). The van der Waals surface area contributed by atoms with Crippen molar-refractivity contribution in [3.8, 4) is 0 Å². The van der Waals surface area contributed by atoms with E-state index in [0.717, 1.165) is 11.0 Å². The number of hydrogen-bond acceptors (Lipinski definition) is 2. The first kappa shape index (κ1) is 10.6. The first-order chi connectivity index (χ1) is 5.31. The summed E-state index contributed by atoms with van der Waals surface area (Å²) in [5.74, 6) is 0. The van der Waals surface area contributed by atoms with Crippen LogP contribution in [0.25, 0.3) is 0 Å². The lowest BCUT2D eigenvalue weighted by Gasteiger charge is -1.80. The van der Waals surface area contributed by atoms with Gasteiger partial charge in [-0.05, 0) is 34.5 Å². The summed E-state index contributed by atoms with van der Waals surface area (Å²) in [7, 11) is 0. The minimum atomic E-state index is 0.319. The largest absolute Gasteiger partial charge is 0.396 e. The van der Waals surface area contributed by atoms with Gasteiger partial charge in [0.05, 0.1) is 0 Å². The Hall–Kier alpha value is -0.410. The molecular formula is C8H12BrNO. The van der Waals surface area contributed by atoms with Crippen LogP contribution in [-0.4, -0.2) is 16.7 Å². The van der Waals surface area contributed by atoms with E-state index in [1.165, 1.54) is 0 Å². The Morgan fingerprint density at radius 2 is 2.18 bits per heavy atom. The van der Waals surface area contributed by atoms with Crippen LogP contribution in [0.2, 0.25) is 0 Å². The van der Waals surface area contributed by atoms with Crippen LogP contribution in [-0.2, 0) is 0 Å². The maximum atomic E-state index is 7.88. The van der Waals surface area contributed by atoms with Gasteiger partial charge in [-0.25, -0.2) is 4.98 Å². The number of pyridine rings is 1. The lowest BCUT2D eigenvalue weighted by molar-refractivity contribution is 0.295. The summed E-state index contributed by atoms with van der Waals surface area (Å²) < 4.78 is 0.884. The molecule has 0 atom stereocenters. The molecule has 0 aliphatic heterocycles. The molecule has 3 heteroatoms. The van der Waals surface area contributed by atoms with Crippen LogP contribution in [0.4, 0.5) is 0 Å². The molecule has 0 bridgehead atoms. The molecule has 11 heavy (non-hydrogen) atoms. The van der Waals surface area contributed by atoms with Gasteiger partial charge in [-0.15, -0.1) is 0 Å². The lowest BCUT2D eigenvalue weighted by atomic mass is 10.5. The number of hydrogen-bond donors (Lipinski definition) is 1. The maximum Gasteiger partial charge on any atom is 0.106 e. The Bertz CT molecular complexity index is 165. The topological polar surface area (TPSA) is 33.1 Å². The predicted molar refractivity (Wildman–Crippen MR) is 49.3 cm³/mol. The molecule has 1 aromatic rings. The molecule has 0 radical (unpaired) electrons. The summed E-state index contributed by atoms with van der Waals surface area (Å²) >= 11 is 3.20. The molecule has 0 unspecified atom stereocenters. The minimum absolute atomic E-state index is 0.319. The summed E-state index contributed by atoms with van der Waals surface area (Å²) in [6, 6.07) is 5.70. The molecular weight excluding hydrogens is 206 g/mol. The van der Waals surface area contributed by atoms with Gasteiger partial charge in [-0.2, -0.15) is 0 Å². The molecule has 0 saturated heterocycles. The molecule has 2 nitrogen and oxygen atoms in total. The second-order valence-corrected chi connectivity index (χ2v) is 2.69. The SMILES string of the molecule is Brc1ccccn1.CCCO. The average molecular weight is 218 g/mol. The summed E-state index contributed by atoms with van der Waals surface area (Å²) in [6.07, 6.45) is 2.62. The van der Waals surface area contributed by atoms with Gasteiger partial charge in [0.2, 0.25) is 0 Å². The number of rotatable bonds is 1. The fraction of sp³-hybridized carbons (Fsp3) is 0.375. The monoisotopic (exact) mass is 217 g/mol. The van der Waals surface area contributed by atoms with E-state index in [9.17, 15) is 0 Å². The van der Waals surface area contributed by atoms with Crippen molar-refractivity contribution >= 4 is 15.9 Å². The fourth-order valence-electron chi connectivity index (χ4n) is 0.342. The average Bonchev–Trinajstić information content (AvgIpc) is 2.07. The Morgan fingerprint density at radius 3 is 2.36 bits per heavy atom. The molecule has 0 spiro atoms. The summed E-state index contributed by atoms with van der Waals surface area (Å²) in [5.41, 5.74) is 0. The third-order valence-electron chi connectivity index (χ3n) is 0.852. The quantitative estimate of drug-likeness (QED) is 0.733. The van der Waals surface area contributed by atoms with E-state index in [2.05, 4.69) is 20.9 Å². The van der Waals surface area contributed by atoms with Gasteiger partial charge in [-0.1, -0.05) is 13.0 Å². The zero-order valence-corrected chi connectivity index (χ0v) is 8.08. The van der Waals surface area contributed by atoms with Crippen LogP contribution in [0.1, 0.15) is 13.3 Å². The van der Waals surface area contributed by atoms with Gasteiger partial charge >= 0.3 is 0 Å². The highest BCUT2D eigenvalue weighted by Crippen LogP contribution is 2.00. The minimum Gasteiger partial charge on any atom is -0.396 e. The zero-order chi connectivity index (χ0) is 8.53. The van der Waals surface area contributed by atoms with Crippen molar-refractivity contribution in [3.63, 3.8) is 0 Å². The third-order valence-corrected chi connectivity index (χ3v) is 1.32. The Balaban J connectivity index is 0.000000218. The second-order valence-electron chi connectivity index (χ2n) is 1.88. The van der Waals surface area contributed by atoms with Crippen molar-refractivity contribution < 1.29 is 5.11 Å². The molecule has 0 aromatic carbocycles. The van der Waals surface area contributed by atoms with Crippen molar-refractivity contribution in [2.75, 3.05) is 6.61 Å². The van der Waals surface area contributed by atoms with E-state index in [1.54, 1.807) is 6.20 Å². The van der Waals surface area contributed by atoms with Gasteiger partial charge in [-0.3, -0.25) is 0 Å². The van der Waals surface area contributed by atoms with Crippen LogP contribution < -0.4 is 0 Å². The summed E-state index contributed by atoms with van der Waals surface area (Å²) in [4.78, 5) is 3.90. The van der Waals surface area contributed by atoms with E-state index < -0.39 is 0 Å². The highest BCUT2D eigenvalue weighted by atomic mass is 79.9. The highest BCUT2D eigenvalue weighted by molar-refractivity contribution is 9.10. The number of aliphatic hydroxyl groups is 1. The number of aliphatic hydroxyl groups excluding tert-OH is 1. The van der Waals surface area contributed by atoms with Gasteiger partial charge < -0.3 is 5.11 Å². The zero-order valence-electron chi connectivity index (χ0n) is 6.50. The lowest BCUT2D eigenvalue weighted by Crippen LogP contribution is -1.69. The van der Waals surface area contributed by atoms with Crippen molar-refractivity contribution in [1.82, 2.24) is 4.98 Å². The van der Waals surface area contributed by atoms with Crippen molar-refractivity contribution in [2.45, 2.75) is 13.3 Å². The van der Waals surface area contributed by atoms with Gasteiger partial charge in [0.25, 0.3) is 0 Å². The van der Waals surface area contributed by atoms with Crippen LogP contribution >= 0.6 is 15.9 Å². The fourth-order valence-corrected chi connectivity index (χ4v) is 0.613. The molecule has 0 saturated carbocycles. The van der Waals surface area contributed by atoms with Gasteiger partial charge in [0.1, 0.15) is 4.60 Å². The molecule has 0 aliphatic carbocycles. The number of aromatic nitrogens is 1. The van der Waals surface area contributed by atoms with Crippen LogP contribution in [0.15, 0.2) is 29.0 Å². The van der Waals surface area contributed by atoms with Gasteiger partial charge in [0, 0.05) is 12.8 Å². The Morgan fingerprint density at radius 1 is 1.55 bits per heavy atom. The molecule has 62 valence electrons. The first-order valence-corrected chi connectivity index (χ1v) is 4.28. The van der Waals surface area contributed by atoms with E-state index >= 15 is 0 Å². The summed E-state index contributed by atoms with van der Waals surface area (Å²) in [6.45, 7) is 2.25. The maximum absolute atomic E-state index is 7.88. The van der Waals surface area contributed by atoms with E-state index in [-0.39, 0.29) is 0 Å². The van der Waals surface area contributed by atoms with Crippen molar-refractivity contribution in [2.24, 2.45) is 0 Å². The van der Waals surface area contributed by atoms with E-state index in [0.29, 0.717) is 6.61 Å². The second kappa shape index (κ2) is 7.69. The normalized spacial score (nSPS) is 8.27. The molecule has 1 aromatic heterocycles. The van der Waals surface area contributed by atoms with Crippen LogP contribution in [0.3, 0.4) is 0 Å². The van der Waals surface area contributed by atoms with Crippen molar-refractivity contribution in [3.05, 3.63) is 29.0 Å². The molecule has 1 N–H and O–H groups in total. The van der Waals surface area contributed by atoms with Crippen LogP contribution in [0.5, 0.6) is 0 Å². The molecule has 0 aliphatic rings. The van der Waals surface area contributed by atoms with Crippen molar-refractivity contribution in [1.29, 1.82) is 0 Å². The van der Waals surface area contributed by atoms with Gasteiger partial charge in [0.15, 0.2) is 0 Å². The van der Waals surface area contributed by atoms with E-state index in [1.807, 2.05) is 25.1 Å². The molecule has 0 amide bonds. The molecule has 1 heterocycles. The molecule has 0 fully saturated rings.